The van der Waals surface area contributed by atoms with Gasteiger partial charge < -0.3 is 5.11 Å². The van der Waals surface area contributed by atoms with Crippen molar-refractivity contribution in [2.45, 2.75) is 38.7 Å². The third-order valence-electron chi connectivity index (χ3n) is 2.31. The van der Waals surface area contributed by atoms with Crippen LogP contribution < -0.4 is 0 Å². The van der Waals surface area contributed by atoms with Crippen LogP contribution in [0, 0.1) is 5.92 Å². The van der Waals surface area contributed by atoms with E-state index in [0.717, 1.165) is 12.8 Å². The first-order valence-electron chi connectivity index (χ1n) is 4.76. The first-order valence-corrected chi connectivity index (χ1v) is 4.76. The predicted molar refractivity (Wildman–Crippen MR) is 46.1 cm³/mol. The van der Waals surface area contributed by atoms with E-state index in [1.807, 2.05) is 6.92 Å². The number of rotatable bonds is 5. The first kappa shape index (κ1) is 10.5. The van der Waals surface area contributed by atoms with Gasteiger partial charge in [0, 0.05) is 6.42 Å². The van der Waals surface area contributed by atoms with E-state index in [9.17, 15) is 4.79 Å². The van der Waals surface area contributed by atoms with E-state index in [0.29, 0.717) is 19.4 Å². The van der Waals surface area contributed by atoms with E-state index in [2.05, 4.69) is 0 Å². The average molecular weight is 188 g/mol. The fourth-order valence-corrected chi connectivity index (χ4v) is 1.51. The van der Waals surface area contributed by atoms with Crippen LogP contribution in [0.3, 0.4) is 0 Å². The summed E-state index contributed by atoms with van der Waals surface area (Å²) in [6, 6.07) is 0. The Bertz CT molecular complexity index is 163. The van der Waals surface area contributed by atoms with Gasteiger partial charge in [0.2, 0.25) is 0 Å². The lowest BCUT2D eigenvalue weighted by atomic mass is 9.94. The van der Waals surface area contributed by atoms with Gasteiger partial charge in [0.05, 0.1) is 12.5 Å². The molecule has 76 valence electrons. The van der Waals surface area contributed by atoms with Crippen molar-refractivity contribution in [1.29, 1.82) is 0 Å². The van der Waals surface area contributed by atoms with E-state index in [-0.39, 0.29) is 6.10 Å². The third kappa shape index (κ3) is 2.97. The molecule has 1 aliphatic heterocycles. The zero-order chi connectivity index (χ0) is 9.68. The van der Waals surface area contributed by atoms with Gasteiger partial charge in [0.25, 0.3) is 0 Å². The first-order chi connectivity index (χ1) is 6.25. The van der Waals surface area contributed by atoms with Crippen molar-refractivity contribution in [3.05, 3.63) is 0 Å². The molecule has 0 aromatic heterocycles. The van der Waals surface area contributed by atoms with Gasteiger partial charge in [-0.1, -0.05) is 19.8 Å². The molecule has 1 fully saturated rings. The summed E-state index contributed by atoms with van der Waals surface area (Å²) in [6.07, 6.45) is 3.07. The molecule has 0 aromatic carbocycles. The van der Waals surface area contributed by atoms with Crippen molar-refractivity contribution in [3.63, 3.8) is 0 Å². The van der Waals surface area contributed by atoms with E-state index in [1.54, 1.807) is 0 Å². The highest BCUT2D eigenvalue weighted by atomic mass is 17.2. The number of hydrogen-bond donors (Lipinski definition) is 1. The third-order valence-corrected chi connectivity index (χ3v) is 2.31. The van der Waals surface area contributed by atoms with Crippen LogP contribution in [0.5, 0.6) is 0 Å². The highest BCUT2D eigenvalue weighted by Crippen LogP contribution is 2.23. The summed E-state index contributed by atoms with van der Waals surface area (Å²) in [5.41, 5.74) is 0. The summed E-state index contributed by atoms with van der Waals surface area (Å²) < 4.78 is 0. The fourth-order valence-electron chi connectivity index (χ4n) is 1.51. The van der Waals surface area contributed by atoms with Crippen LogP contribution in [0.2, 0.25) is 0 Å². The normalized spacial score (nSPS) is 24.5. The van der Waals surface area contributed by atoms with Gasteiger partial charge in [-0.15, -0.1) is 0 Å². The van der Waals surface area contributed by atoms with Crippen molar-refractivity contribution in [2.24, 2.45) is 5.92 Å². The summed E-state index contributed by atoms with van der Waals surface area (Å²) in [5.74, 6) is -1.17. The van der Waals surface area contributed by atoms with Crippen molar-refractivity contribution in [2.75, 3.05) is 6.61 Å². The Morgan fingerprint density at radius 2 is 2.46 bits per heavy atom. The molecule has 0 saturated carbocycles. The van der Waals surface area contributed by atoms with Gasteiger partial charge in [-0.3, -0.25) is 4.79 Å². The molecular formula is C9H16O4. The van der Waals surface area contributed by atoms with E-state index >= 15 is 0 Å². The Kier molecular flexibility index (Phi) is 4.18. The molecular weight excluding hydrogens is 172 g/mol. The second-order valence-corrected chi connectivity index (χ2v) is 3.33. The van der Waals surface area contributed by atoms with Crippen LogP contribution in [-0.4, -0.2) is 23.8 Å². The Balaban J connectivity index is 2.40. The topological polar surface area (TPSA) is 55.8 Å². The lowest BCUT2D eigenvalue weighted by Gasteiger charge is -2.15. The maximum Gasteiger partial charge on any atom is 0.309 e. The summed E-state index contributed by atoms with van der Waals surface area (Å²) in [7, 11) is 0. The molecule has 1 heterocycles. The molecule has 2 unspecified atom stereocenters. The van der Waals surface area contributed by atoms with Crippen LogP contribution in [0.25, 0.3) is 0 Å². The second-order valence-electron chi connectivity index (χ2n) is 3.33. The molecule has 1 rings (SSSR count). The summed E-state index contributed by atoms with van der Waals surface area (Å²) in [6.45, 7) is 2.56. The molecule has 4 nitrogen and oxygen atoms in total. The molecule has 1 saturated heterocycles. The SMILES string of the molecule is CCCCC(C(=O)O)C1CCOO1. The Labute approximate surface area is 77.8 Å². The van der Waals surface area contributed by atoms with E-state index in [4.69, 9.17) is 14.9 Å². The number of aliphatic carboxylic acids is 1. The Hall–Kier alpha value is -0.610. The molecule has 4 heteroatoms. The van der Waals surface area contributed by atoms with Crippen LogP contribution in [0.1, 0.15) is 32.6 Å². The highest BCUT2D eigenvalue weighted by Gasteiger charge is 2.32. The van der Waals surface area contributed by atoms with Crippen LogP contribution in [0.4, 0.5) is 0 Å². The van der Waals surface area contributed by atoms with Crippen LogP contribution >= 0.6 is 0 Å². The summed E-state index contributed by atoms with van der Waals surface area (Å²) in [5, 5.41) is 8.92. The standard InChI is InChI=1S/C9H16O4/c1-2-3-4-7(9(10)11)8-5-6-12-13-8/h7-8H,2-6H2,1H3,(H,10,11). The zero-order valence-electron chi connectivity index (χ0n) is 7.86. The largest absolute Gasteiger partial charge is 0.481 e. The van der Waals surface area contributed by atoms with Gasteiger partial charge in [-0.25, -0.2) is 9.78 Å². The molecule has 0 spiro atoms. The second kappa shape index (κ2) is 5.19. The summed E-state index contributed by atoms with van der Waals surface area (Å²) >= 11 is 0. The minimum atomic E-state index is -0.774. The Morgan fingerprint density at radius 1 is 1.69 bits per heavy atom. The van der Waals surface area contributed by atoms with Crippen molar-refractivity contribution in [1.82, 2.24) is 0 Å². The van der Waals surface area contributed by atoms with E-state index in [1.165, 1.54) is 0 Å². The highest BCUT2D eigenvalue weighted by molar-refractivity contribution is 5.70. The number of unbranched alkanes of at least 4 members (excludes halogenated alkanes) is 1. The van der Waals surface area contributed by atoms with Crippen molar-refractivity contribution < 1.29 is 19.7 Å². The smallest absolute Gasteiger partial charge is 0.309 e. The molecule has 0 aliphatic carbocycles. The van der Waals surface area contributed by atoms with Crippen LogP contribution in [-0.2, 0) is 14.6 Å². The van der Waals surface area contributed by atoms with Gasteiger partial charge in [-0.05, 0) is 6.42 Å². The Morgan fingerprint density at radius 3 is 2.92 bits per heavy atom. The number of carbonyl (C=O) groups is 1. The van der Waals surface area contributed by atoms with Gasteiger partial charge >= 0.3 is 5.97 Å². The maximum atomic E-state index is 10.9. The number of carboxylic acid groups (broad SMARTS) is 1. The minimum Gasteiger partial charge on any atom is -0.481 e. The zero-order valence-corrected chi connectivity index (χ0v) is 7.86. The average Bonchev–Trinajstić information content (AvgIpc) is 2.57. The van der Waals surface area contributed by atoms with E-state index < -0.39 is 11.9 Å². The monoisotopic (exact) mass is 188 g/mol. The molecule has 2 atom stereocenters. The minimum absolute atomic E-state index is 0.246. The number of carboxylic acids is 1. The van der Waals surface area contributed by atoms with Gasteiger partial charge in [0.15, 0.2) is 0 Å². The van der Waals surface area contributed by atoms with Gasteiger partial charge in [0.1, 0.15) is 6.10 Å². The lowest BCUT2D eigenvalue weighted by Crippen LogP contribution is -2.27. The van der Waals surface area contributed by atoms with Crippen molar-refractivity contribution >= 4 is 5.97 Å². The molecule has 0 amide bonds. The molecule has 1 N–H and O–H groups in total. The number of hydrogen-bond acceptors (Lipinski definition) is 3. The van der Waals surface area contributed by atoms with Crippen molar-refractivity contribution in [3.8, 4) is 0 Å². The lowest BCUT2D eigenvalue weighted by molar-refractivity contribution is -0.282. The summed E-state index contributed by atoms with van der Waals surface area (Å²) in [4.78, 5) is 20.5. The quantitative estimate of drug-likeness (QED) is 0.666. The van der Waals surface area contributed by atoms with Crippen LogP contribution in [0.15, 0.2) is 0 Å². The molecule has 0 bridgehead atoms. The fraction of sp³-hybridized carbons (Fsp3) is 0.889. The molecule has 0 radical (unpaired) electrons. The molecule has 0 aromatic rings. The molecule has 13 heavy (non-hydrogen) atoms. The molecule has 1 aliphatic rings. The predicted octanol–water partition coefficient (Wildman–Crippen LogP) is 1.60. The van der Waals surface area contributed by atoms with Gasteiger partial charge in [-0.2, -0.15) is 0 Å². The maximum absolute atomic E-state index is 10.9.